The van der Waals surface area contributed by atoms with Crippen LogP contribution < -0.4 is 0 Å². The van der Waals surface area contributed by atoms with E-state index in [1.165, 1.54) is 10.4 Å². The molecule has 0 saturated heterocycles. The summed E-state index contributed by atoms with van der Waals surface area (Å²) in [5, 5.41) is 6.38. The lowest BCUT2D eigenvalue weighted by Gasteiger charge is -2.33. The predicted molar refractivity (Wildman–Crippen MR) is 80.1 cm³/mol. The first kappa shape index (κ1) is 13.4. The van der Waals surface area contributed by atoms with Gasteiger partial charge in [0.1, 0.15) is 5.69 Å². The van der Waals surface area contributed by atoms with Crippen molar-refractivity contribution in [2.24, 2.45) is 0 Å². The van der Waals surface area contributed by atoms with Gasteiger partial charge in [-0.25, -0.2) is 0 Å². The first-order valence-electron chi connectivity index (χ1n) is 7.00. The topological polar surface area (TPSA) is 38.1 Å². The molecule has 106 valence electrons. The van der Waals surface area contributed by atoms with Gasteiger partial charge >= 0.3 is 0 Å². The molecule has 0 spiro atoms. The Hall–Kier alpha value is -1.62. The molecule has 20 heavy (non-hydrogen) atoms. The van der Waals surface area contributed by atoms with E-state index in [1.54, 1.807) is 22.2 Å². The second-order valence-electron chi connectivity index (χ2n) is 5.48. The van der Waals surface area contributed by atoms with Gasteiger partial charge in [0.2, 0.25) is 0 Å². The molecular formula is C15H19N3OS. The molecule has 0 fully saturated rings. The van der Waals surface area contributed by atoms with Gasteiger partial charge < -0.3 is 4.90 Å². The third-order valence-corrected chi connectivity index (χ3v) is 4.91. The molecule has 1 amide bonds. The lowest BCUT2D eigenvalue weighted by molar-refractivity contribution is 0.0664. The lowest BCUT2D eigenvalue weighted by Crippen LogP contribution is -2.39. The zero-order chi connectivity index (χ0) is 14.3. The Morgan fingerprint density at radius 1 is 1.45 bits per heavy atom. The summed E-state index contributed by atoms with van der Waals surface area (Å²) in [7, 11) is 0. The van der Waals surface area contributed by atoms with Crippen molar-refractivity contribution >= 4 is 17.2 Å². The second kappa shape index (κ2) is 5.05. The maximum atomic E-state index is 12.8. The standard InChI is InChI=1S/C15H19N3OS/c1-10(2)18-13(4-7-16-18)15(19)17-8-5-14-12(11(17)3)6-9-20-14/h4,6-7,9-11H,5,8H2,1-3H3. The van der Waals surface area contributed by atoms with Gasteiger partial charge in [-0.15, -0.1) is 11.3 Å². The summed E-state index contributed by atoms with van der Waals surface area (Å²) in [6, 6.07) is 4.30. The van der Waals surface area contributed by atoms with E-state index >= 15 is 0 Å². The average molecular weight is 289 g/mol. The van der Waals surface area contributed by atoms with Crippen LogP contribution in [0.3, 0.4) is 0 Å². The molecule has 3 heterocycles. The number of carbonyl (C=O) groups is 1. The molecule has 0 bridgehead atoms. The minimum Gasteiger partial charge on any atom is -0.330 e. The molecule has 2 aromatic heterocycles. The number of carbonyl (C=O) groups excluding carboxylic acids is 1. The monoisotopic (exact) mass is 289 g/mol. The maximum absolute atomic E-state index is 12.8. The zero-order valence-electron chi connectivity index (χ0n) is 12.0. The first-order valence-corrected chi connectivity index (χ1v) is 7.88. The highest BCUT2D eigenvalue weighted by atomic mass is 32.1. The normalized spacial score (nSPS) is 18.4. The van der Waals surface area contributed by atoms with Gasteiger partial charge in [0, 0.05) is 23.7 Å². The van der Waals surface area contributed by atoms with Crippen LogP contribution in [-0.2, 0) is 6.42 Å². The van der Waals surface area contributed by atoms with Crippen LogP contribution in [-0.4, -0.2) is 27.1 Å². The Morgan fingerprint density at radius 3 is 3.00 bits per heavy atom. The van der Waals surface area contributed by atoms with Crippen molar-refractivity contribution in [1.29, 1.82) is 0 Å². The number of aromatic nitrogens is 2. The summed E-state index contributed by atoms with van der Waals surface area (Å²) in [4.78, 5) is 16.2. The van der Waals surface area contributed by atoms with E-state index in [0.29, 0.717) is 5.69 Å². The summed E-state index contributed by atoms with van der Waals surface area (Å²) in [6.45, 7) is 6.98. The van der Waals surface area contributed by atoms with Gasteiger partial charge in [-0.3, -0.25) is 9.48 Å². The number of rotatable bonds is 2. The van der Waals surface area contributed by atoms with E-state index in [9.17, 15) is 4.79 Å². The van der Waals surface area contributed by atoms with E-state index in [-0.39, 0.29) is 18.0 Å². The molecule has 4 nitrogen and oxygen atoms in total. The van der Waals surface area contributed by atoms with Gasteiger partial charge in [-0.2, -0.15) is 5.10 Å². The molecule has 1 aliphatic heterocycles. The highest BCUT2D eigenvalue weighted by molar-refractivity contribution is 7.10. The molecule has 0 N–H and O–H groups in total. The van der Waals surface area contributed by atoms with E-state index in [0.717, 1.165) is 13.0 Å². The first-order chi connectivity index (χ1) is 9.59. The van der Waals surface area contributed by atoms with Crippen LogP contribution in [0.2, 0.25) is 0 Å². The van der Waals surface area contributed by atoms with Gasteiger partial charge in [0.05, 0.1) is 6.04 Å². The van der Waals surface area contributed by atoms with Crippen LogP contribution in [0.25, 0.3) is 0 Å². The number of nitrogens with zero attached hydrogens (tertiary/aromatic N) is 3. The second-order valence-corrected chi connectivity index (χ2v) is 6.48. The Balaban J connectivity index is 1.90. The summed E-state index contributed by atoms with van der Waals surface area (Å²) < 4.78 is 1.80. The third kappa shape index (κ3) is 2.06. The minimum atomic E-state index is 0.0838. The molecule has 5 heteroatoms. The van der Waals surface area contributed by atoms with Crippen LogP contribution in [0.4, 0.5) is 0 Å². The van der Waals surface area contributed by atoms with Crippen molar-refractivity contribution < 1.29 is 4.79 Å². The fraction of sp³-hybridized carbons (Fsp3) is 0.467. The molecule has 2 aromatic rings. The largest absolute Gasteiger partial charge is 0.330 e. The van der Waals surface area contributed by atoms with Crippen LogP contribution in [0, 0.1) is 0 Å². The molecule has 0 saturated carbocycles. The molecule has 1 atom stereocenters. The van der Waals surface area contributed by atoms with E-state index in [4.69, 9.17) is 0 Å². The third-order valence-electron chi connectivity index (χ3n) is 3.92. The summed E-state index contributed by atoms with van der Waals surface area (Å²) >= 11 is 1.79. The van der Waals surface area contributed by atoms with Crippen molar-refractivity contribution in [1.82, 2.24) is 14.7 Å². The van der Waals surface area contributed by atoms with Crippen molar-refractivity contribution in [3.63, 3.8) is 0 Å². The smallest absolute Gasteiger partial charge is 0.272 e. The maximum Gasteiger partial charge on any atom is 0.272 e. The Bertz CT molecular complexity index is 629. The Morgan fingerprint density at radius 2 is 2.25 bits per heavy atom. The molecule has 3 rings (SSSR count). The molecule has 0 aromatic carbocycles. The quantitative estimate of drug-likeness (QED) is 0.851. The molecular weight excluding hydrogens is 270 g/mol. The average Bonchev–Trinajstić information content (AvgIpc) is 3.07. The summed E-state index contributed by atoms with van der Waals surface area (Å²) in [6.07, 6.45) is 2.66. The Kier molecular flexibility index (Phi) is 3.38. The number of amides is 1. The molecule has 1 aliphatic rings. The fourth-order valence-corrected chi connectivity index (χ4v) is 3.79. The van der Waals surface area contributed by atoms with Crippen molar-refractivity contribution in [2.45, 2.75) is 39.3 Å². The van der Waals surface area contributed by atoms with Crippen LogP contribution >= 0.6 is 11.3 Å². The number of hydrogen-bond donors (Lipinski definition) is 0. The minimum absolute atomic E-state index is 0.0838. The lowest BCUT2D eigenvalue weighted by atomic mass is 10.0. The summed E-state index contributed by atoms with van der Waals surface area (Å²) in [5.74, 6) is 0.0838. The highest BCUT2D eigenvalue weighted by Gasteiger charge is 2.30. The Labute approximate surface area is 123 Å². The highest BCUT2D eigenvalue weighted by Crippen LogP contribution is 2.33. The number of thiophene rings is 1. The predicted octanol–water partition coefficient (Wildman–Crippen LogP) is 3.29. The fourth-order valence-electron chi connectivity index (χ4n) is 2.83. The van der Waals surface area contributed by atoms with Crippen LogP contribution in [0.5, 0.6) is 0 Å². The van der Waals surface area contributed by atoms with Gasteiger partial charge in [0.15, 0.2) is 0 Å². The van der Waals surface area contributed by atoms with E-state index in [1.807, 2.05) is 24.8 Å². The van der Waals surface area contributed by atoms with Gasteiger partial charge in [-0.05, 0) is 50.3 Å². The number of hydrogen-bond acceptors (Lipinski definition) is 3. The van der Waals surface area contributed by atoms with Gasteiger partial charge in [-0.1, -0.05) is 0 Å². The zero-order valence-corrected chi connectivity index (χ0v) is 12.9. The summed E-state index contributed by atoms with van der Waals surface area (Å²) in [5.41, 5.74) is 1.98. The van der Waals surface area contributed by atoms with Crippen LogP contribution in [0.15, 0.2) is 23.7 Å². The van der Waals surface area contributed by atoms with Crippen molar-refractivity contribution in [2.75, 3.05) is 6.54 Å². The van der Waals surface area contributed by atoms with Gasteiger partial charge in [0.25, 0.3) is 5.91 Å². The SMILES string of the molecule is CC1c2ccsc2CCN1C(=O)c1ccnn1C(C)C. The van der Waals surface area contributed by atoms with Crippen LogP contribution in [0.1, 0.15) is 53.8 Å². The number of fused-ring (bicyclic) bond motifs is 1. The van der Waals surface area contributed by atoms with Crippen molar-refractivity contribution in [3.8, 4) is 0 Å². The van der Waals surface area contributed by atoms with E-state index < -0.39 is 0 Å². The molecule has 1 unspecified atom stereocenters. The molecule has 0 aliphatic carbocycles. The van der Waals surface area contributed by atoms with E-state index in [2.05, 4.69) is 23.5 Å². The van der Waals surface area contributed by atoms with Crippen molar-refractivity contribution in [3.05, 3.63) is 39.8 Å². The molecule has 0 radical (unpaired) electrons.